The molecule has 0 heterocycles. The van der Waals surface area contributed by atoms with Crippen LogP contribution < -0.4 is 4.90 Å². The van der Waals surface area contributed by atoms with Crippen LogP contribution in [0.25, 0.3) is 0 Å². The summed E-state index contributed by atoms with van der Waals surface area (Å²) in [4.78, 5) is 13.6. The molecule has 2 aromatic carbocycles. The van der Waals surface area contributed by atoms with Crippen molar-refractivity contribution >= 4 is 34.8 Å². The molecule has 0 bridgehead atoms. The maximum atomic E-state index is 12.8. The summed E-state index contributed by atoms with van der Waals surface area (Å²) in [5, 5.41) is 0.711. The Hall–Kier alpha value is -1.58. The molecule has 0 radical (unpaired) electrons. The van der Waals surface area contributed by atoms with Gasteiger partial charge in [-0.1, -0.05) is 23.2 Å². The van der Waals surface area contributed by atoms with Gasteiger partial charge >= 0.3 is 0 Å². The third kappa shape index (κ3) is 3.06. The zero-order valence-corrected chi connectivity index (χ0v) is 11.5. The number of hydrogen-bond donors (Lipinski definition) is 0. The van der Waals surface area contributed by atoms with Crippen LogP contribution >= 0.6 is 23.2 Å². The van der Waals surface area contributed by atoms with Crippen LogP contribution in [0.2, 0.25) is 10.0 Å². The number of carbonyl (C=O) groups excluding carboxylic acids is 1. The summed E-state index contributed by atoms with van der Waals surface area (Å²) in [6.45, 7) is 0. The summed E-state index contributed by atoms with van der Waals surface area (Å²) in [5.74, 6) is -0.593. The second-order valence-corrected chi connectivity index (χ2v) is 4.78. The van der Waals surface area contributed by atoms with Gasteiger partial charge in [-0.3, -0.25) is 4.79 Å². The van der Waals surface area contributed by atoms with Crippen LogP contribution in [0.3, 0.4) is 0 Å². The Morgan fingerprint density at radius 2 is 1.68 bits per heavy atom. The van der Waals surface area contributed by atoms with Gasteiger partial charge in [-0.2, -0.15) is 0 Å². The van der Waals surface area contributed by atoms with Gasteiger partial charge in [-0.05, 0) is 42.5 Å². The first-order valence-electron chi connectivity index (χ1n) is 5.47. The molecule has 19 heavy (non-hydrogen) atoms. The number of benzene rings is 2. The van der Waals surface area contributed by atoms with Gasteiger partial charge in [0.25, 0.3) is 5.91 Å². The van der Waals surface area contributed by atoms with Gasteiger partial charge in [0.15, 0.2) is 0 Å². The smallest absolute Gasteiger partial charge is 0.258 e. The molecule has 0 aromatic heterocycles. The van der Waals surface area contributed by atoms with Gasteiger partial charge in [0.2, 0.25) is 0 Å². The first-order valence-corrected chi connectivity index (χ1v) is 6.23. The number of halogens is 3. The van der Waals surface area contributed by atoms with Crippen molar-refractivity contribution in [3.63, 3.8) is 0 Å². The average Bonchev–Trinajstić information content (AvgIpc) is 2.41. The van der Waals surface area contributed by atoms with Crippen molar-refractivity contribution in [1.29, 1.82) is 0 Å². The van der Waals surface area contributed by atoms with Crippen molar-refractivity contribution in [2.24, 2.45) is 0 Å². The van der Waals surface area contributed by atoms with E-state index in [1.54, 1.807) is 19.2 Å². The van der Waals surface area contributed by atoms with Crippen LogP contribution in [-0.2, 0) is 0 Å². The van der Waals surface area contributed by atoms with Crippen LogP contribution in [0.4, 0.5) is 10.1 Å². The molecule has 2 nitrogen and oxygen atoms in total. The zero-order chi connectivity index (χ0) is 14.0. The molecule has 98 valence electrons. The van der Waals surface area contributed by atoms with Crippen LogP contribution in [0, 0.1) is 5.82 Å². The highest BCUT2D eigenvalue weighted by Crippen LogP contribution is 2.24. The molecule has 0 unspecified atom stereocenters. The Balaban J connectivity index is 2.28. The third-order valence-electron chi connectivity index (χ3n) is 2.69. The SMILES string of the molecule is CN(C(=O)c1ccc(Cl)c(Cl)c1)c1ccc(F)cc1. The molecule has 2 aromatic rings. The number of amides is 1. The summed E-state index contributed by atoms with van der Waals surface area (Å²) in [5.41, 5.74) is 1.01. The summed E-state index contributed by atoms with van der Waals surface area (Å²) < 4.78 is 12.8. The minimum atomic E-state index is -0.348. The van der Waals surface area contributed by atoms with Crippen molar-refractivity contribution in [3.05, 3.63) is 63.9 Å². The zero-order valence-electron chi connectivity index (χ0n) is 10.0. The van der Waals surface area contributed by atoms with Crippen molar-refractivity contribution in [1.82, 2.24) is 0 Å². The fourth-order valence-electron chi connectivity index (χ4n) is 1.60. The standard InChI is InChI=1S/C14H10Cl2FNO/c1-18(11-5-3-10(17)4-6-11)14(19)9-2-7-12(15)13(16)8-9/h2-8H,1H3. The minimum absolute atomic E-state index is 0.245. The highest BCUT2D eigenvalue weighted by Gasteiger charge is 2.14. The van der Waals surface area contributed by atoms with Crippen molar-refractivity contribution in [2.75, 3.05) is 11.9 Å². The molecule has 2 rings (SSSR count). The molecule has 0 atom stereocenters. The van der Waals surface area contributed by atoms with Crippen LogP contribution in [0.15, 0.2) is 42.5 Å². The fraction of sp³-hybridized carbons (Fsp3) is 0.0714. The second-order valence-electron chi connectivity index (χ2n) is 3.97. The van der Waals surface area contributed by atoms with Crippen LogP contribution in [0.1, 0.15) is 10.4 Å². The molecule has 0 N–H and O–H groups in total. The molecule has 0 spiro atoms. The molecule has 0 fully saturated rings. The van der Waals surface area contributed by atoms with E-state index in [1.807, 2.05) is 0 Å². The van der Waals surface area contributed by atoms with Gasteiger partial charge < -0.3 is 4.90 Å². The average molecular weight is 298 g/mol. The number of nitrogens with zero attached hydrogens (tertiary/aromatic N) is 1. The number of hydrogen-bond acceptors (Lipinski definition) is 1. The summed E-state index contributed by atoms with van der Waals surface area (Å²) in [6.07, 6.45) is 0. The quantitative estimate of drug-likeness (QED) is 0.804. The molecule has 1 amide bonds. The first kappa shape index (κ1) is 13.8. The maximum absolute atomic E-state index is 12.8. The summed E-state index contributed by atoms with van der Waals surface area (Å²) in [7, 11) is 1.61. The van der Waals surface area contributed by atoms with E-state index in [4.69, 9.17) is 23.2 Å². The minimum Gasteiger partial charge on any atom is -0.311 e. The van der Waals surface area contributed by atoms with Crippen LogP contribution in [-0.4, -0.2) is 13.0 Å². The Kier molecular flexibility index (Phi) is 4.08. The lowest BCUT2D eigenvalue weighted by atomic mass is 10.2. The van der Waals surface area contributed by atoms with Crippen LogP contribution in [0.5, 0.6) is 0 Å². The lowest BCUT2D eigenvalue weighted by Crippen LogP contribution is -2.26. The predicted octanol–water partition coefficient (Wildman–Crippen LogP) is 4.41. The van der Waals surface area contributed by atoms with Gasteiger partial charge in [0, 0.05) is 18.3 Å². The number of carbonyl (C=O) groups is 1. The lowest BCUT2D eigenvalue weighted by Gasteiger charge is -2.17. The topological polar surface area (TPSA) is 20.3 Å². The van der Waals surface area contributed by atoms with Crippen molar-refractivity contribution in [3.8, 4) is 0 Å². The molecular weight excluding hydrogens is 288 g/mol. The highest BCUT2D eigenvalue weighted by molar-refractivity contribution is 6.42. The van der Waals surface area contributed by atoms with E-state index in [9.17, 15) is 9.18 Å². The van der Waals surface area contributed by atoms with E-state index in [0.717, 1.165) is 0 Å². The molecule has 0 aliphatic heterocycles. The van der Waals surface area contributed by atoms with Crippen molar-refractivity contribution in [2.45, 2.75) is 0 Å². The van der Waals surface area contributed by atoms with Gasteiger partial charge in [-0.25, -0.2) is 4.39 Å². The van der Waals surface area contributed by atoms with E-state index < -0.39 is 0 Å². The van der Waals surface area contributed by atoms with E-state index in [1.165, 1.54) is 35.2 Å². The van der Waals surface area contributed by atoms with E-state index in [0.29, 0.717) is 21.3 Å². The molecule has 0 saturated heterocycles. The van der Waals surface area contributed by atoms with Gasteiger partial charge in [0.1, 0.15) is 5.82 Å². The number of anilines is 1. The molecule has 5 heteroatoms. The fourth-order valence-corrected chi connectivity index (χ4v) is 1.90. The third-order valence-corrected chi connectivity index (χ3v) is 3.42. The largest absolute Gasteiger partial charge is 0.311 e. The molecule has 0 aliphatic rings. The first-order chi connectivity index (χ1) is 8.99. The normalized spacial score (nSPS) is 10.3. The highest BCUT2D eigenvalue weighted by atomic mass is 35.5. The second kappa shape index (κ2) is 5.59. The maximum Gasteiger partial charge on any atom is 0.258 e. The number of rotatable bonds is 2. The predicted molar refractivity (Wildman–Crippen MR) is 75.6 cm³/mol. The Morgan fingerprint density at radius 1 is 1.05 bits per heavy atom. The van der Waals surface area contributed by atoms with Crippen molar-refractivity contribution < 1.29 is 9.18 Å². The molecule has 0 aliphatic carbocycles. The Morgan fingerprint density at radius 3 is 2.26 bits per heavy atom. The van der Waals surface area contributed by atoms with E-state index >= 15 is 0 Å². The molecular formula is C14H10Cl2FNO. The van der Waals surface area contributed by atoms with E-state index in [-0.39, 0.29) is 11.7 Å². The van der Waals surface area contributed by atoms with E-state index in [2.05, 4.69) is 0 Å². The Labute approximate surface area is 120 Å². The lowest BCUT2D eigenvalue weighted by molar-refractivity contribution is 0.0993. The molecule has 0 saturated carbocycles. The van der Waals surface area contributed by atoms with Gasteiger partial charge in [0.05, 0.1) is 10.0 Å². The van der Waals surface area contributed by atoms with Gasteiger partial charge in [-0.15, -0.1) is 0 Å². The monoisotopic (exact) mass is 297 g/mol. The summed E-state index contributed by atoms with van der Waals surface area (Å²) >= 11 is 11.7. The summed E-state index contributed by atoms with van der Waals surface area (Å²) in [6, 6.07) is 10.3. The Bertz CT molecular complexity index is 613.